The number of nitrogens with zero attached hydrogens (tertiary/aromatic N) is 1. The van der Waals surface area contributed by atoms with Gasteiger partial charge in [0, 0.05) is 17.9 Å². The zero-order valence-corrected chi connectivity index (χ0v) is 15.6. The normalized spacial score (nSPS) is 11.4. The molecule has 1 N–H and O–H groups in total. The van der Waals surface area contributed by atoms with Gasteiger partial charge in [0.2, 0.25) is 11.3 Å². The van der Waals surface area contributed by atoms with E-state index < -0.39 is 0 Å². The maximum Gasteiger partial charge on any atom is 0.240 e. The topological polar surface area (TPSA) is 51.1 Å². The summed E-state index contributed by atoms with van der Waals surface area (Å²) in [5, 5.41) is 3.02. The van der Waals surface area contributed by atoms with Gasteiger partial charge in [-0.25, -0.2) is 0 Å². The van der Waals surface area contributed by atoms with Crippen molar-refractivity contribution in [3.63, 3.8) is 0 Å². The lowest BCUT2D eigenvalue weighted by atomic mass is 9.99. The summed E-state index contributed by atoms with van der Waals surface area (Å²) in [6.45, 7) is 6.38. The summed E-state index contributed by atoms with van der Waals surface area (Å²) in [6.07, 6.45) is 5.38. The molecule has 0 aliphatic rings. The summed E-state index contributed by atoms with van der Waals surface area (Å²) in [6, 6.07) is 0. The third kappa shape index (κ3) is 5.41. The van der Waals surface area contributed by atoms with Crippen molar-refractivity contribution in [2.45, 2.75) is 45.7 Å². The molecular formula is C13H18I2N2O2. The van der Waals surface area contributed by atoms with Gasteiger partial charge in [-0.1, -0.05) is 13.3 Å². The number of amides is 1. The fourth-order valence-corrected chi connectivity index (χ4v) is 3.73. The highest BCUT2D eigenvalue weighted by Crippen LogP contribution is 2.11. The van der Waals surface area contributed by atoms with Crippen molar-refractivity contribution >= 4 is 51.1 Å². The molecule has 0 saturated carbocycles. The maximum atomic E-state index is 12.0. The molecule has 0 aliphatic heterocycles. The summed E-state index contributed by atoms with van der Waals surface area (Å²) in [5.41, 5.74) is -0.172. The molecule has 0 atom stereocenters. The molecule has 0 aliphatic carbocycles. The molecule has 0 unspecified atom stereocenters. The Morgan fingerprint density at radius 2 is 1.84 bits per heavy atom. The van der Waals surface area contributed by atoms with Gasteiger partial charge in [-0.05, 0) is 65.5 Å². The Bertz CT molecular complexity index is 498. The molecule has 0 spiro atoms. The van der Waals surface area contributed by atoms with Crippen LogP contribution in [0.15, 0.2) is 17.2 Å². The van der Waals surface area contributed by atoms with Crippen LogP contribution in [0.3, 0.4) is 0 Å². The molecule has 19 heavy (non-hydrogen) atoms. The van der Waals surface area contributed by atoms with Crippen LogP contribution < -0.4 is 10.7 Å². The third-order valence-electron chi connectivity index (χ3n) is 2.67. The van der Waals surface area contributed by atoms with E-state index in [1.54, 1.807) is 17.0 Å². The van der Waals surface area contributed by atoms with Crippen LogP contribution in [-0.2, 0) is 11.3 Å². The van der Waals surface area contributed by atoms with Crippen LogP contribution in [-0.4, -0.2) is 16.0 Å². The van der Waals surface area contributed by atoms with Crippen LogP contribution in [0.1, 0.15) is 33.6 Å². The van der Waals surface area contributed by atoms with E-state index in [0.29, 0.717) is 7.14 Å². The monoisotopic (exact) mass is 488 g/mol. The standard InChI is InChI=1S/C13H18I2N2O2/c1-4-5-13(2,3)16-11(18)8-17-6-9(14)12(19)10(15)7-17/h6-7H,4-5,8H2,1-3H3,(H,16,18). The Hall–Kier alpha value is -0.120. The lowest BCUT2D eigenvalue weighted by molar-refractivity contribution is -0.123. The molecule has 1 heterocycles. The quantitative estimate of drug-likeness (QED) is 0.649. The minimum absolute atomic E-state index is 0.0178. The van der Waals surface area contributed by atoms with Crippen molar-refractivity contribution < 1.29 is 4.79 Å². The molecule has 4 nitrogen and oxygen atoms in total. The Balaban J connectivity index is 2.75. The van der Waals surface area contributed by atoms with Crippen LogP contribution in [0, 0.1) is 7.14 Å². The van der Waals surface area contributed by atoms with Crippen molar-refractivity contribution in [1.29, 1.82) is 0 Å². The zero-order valence-electron chi connectivity index (χ0n) is 11.3. The molecule has 1 rings (SSSR count). The number of rotatable bonds is 5. The predicted molar refractivity (Wildman–Crippen MR) is 93.3 cm³/mol. The predicted octanol–water partition coefficient (Wildman–Crippen LogP) is 2.75. The van der Waals surface area contributed by atoms with Gasteiger partial charge >= 0.3 is 0 Å². The maximum absolute atomic E-state index is 12.0. The van der Waals surface area contributed by atoms with E-state index in [4.69, 9.17) is 0 Å². The van der Waals surface area contributed by atoms with Gasteiger partial charge in [-0.2, -0.15) is 0 Å². The number of hydrogen-bond donors (Lipinski definition) is 1. The Labute approximate surface area is 140 Å². The molecule has 0 aromatic carbocycles. The fourth-order valence-electron chi connectivity index (χ4n) is 1.92. The molecule has 106 valence electrons. The van der Waals surface area contributed by atoms with Crippen LogP contribution in [0.4, 0.5) is 0 Å². The van der Waals surface area contributed by atoms with E-state index in [0.717, 1.165) is 12.8 Å². The second kappa shape index (κ2) is 7.05. The molecule has 0 fully saturated rings. The smallest absolute Gasteiger partial charge is 0.240 e. The third-order valence-corrected chi connectivity index (χ3v) is 4.21. The molecule has 1 aromatic rings. The molecule has 0 radical (unpaired) electrons. The largest absolute Gasteiger partial charge is 0.350 e. The Morgan fingerprint density at radius 1 is 1.32 bits per heavy atom. The van der Waals surface area contributed by atoms with E-state index in [1.807, 2.05) is 59.0 Å². The van der Waals surface area contributed by atoms with Crippen molar-refractivity contribution in [2.24, 2.45) is 0 Å². The summed E-state index contributed by atoms with van der Waals surface area (Å²) in [7, 11) is 0. The molecule has 0 saturated heterocycles. The van der Waals surface area contributed by atoms with Gasteiger partial charge in [-0.3, -0.25) is 9.59 Å². The number of aromatic nitrogens is 1. The Morgan fingerprint density at radius 3 is 2.32 bits per heavy atom. The van der Waals surface area contributed by atoms with E-state index in [1.165, 1.54) is 0 Å². The van der Waals surface area contributed by atoms with Gasteiger partial charge in [-0.15, -0.1) is 0 Å². The molecule has 6 heteroatoms. The van der Waals surface area contributed by atoms with Gasteiger partial charge in [0.1, 0.15) is 6.54 Å². The van der Waals surface area contributed by atoms with Gasteiger partial charge in [0.15, 0.2) is 0 Å². The lowest BCUT2D eigenvalue weighted by Gasteiger charge is -2.26. The second-order valence-electron chi connectivity index (χ2n) is 5.14. The first-order chi connectivity index (χ1) is 8.75. The van der Waals surface area contributed by atoms with Crippen LogP contribution >= 0.6 is 45.2 Å². The lowest BCUT2D eigenvalue weighted by Crippen LogP contribution is -2.44. The summed E-state index contributed by atoms with van der Waals surface area (Å²) in [4.78, 5) is 23.6. The highest BCUT2D eigenvalue weighted by Gasteiger charge is 2.19. The first-order valence-electron chi connectivity index (χ1n) is 6.11. The summed E-state index contributed by atoms with van der Waals surface area (Å²) < 4.78 is 3.01. The molecular weight excluding hydrogens is 470 g/mol. The Kier molecular flexibility index (Phi) is 6.28. The molecule has 0 bridgehead atoms. The molecule has 1 aromatic heterocycles. The minimum Gasteiger partial charge on any atom is -0.350 e. The van der Waals surface area contributed by atoms with E-state index in [9.17, 15) is 9.59 Å². The first kappa shape index (κ1) is 16.9. The van der Waals surface area contributed by atoms with E-state index in [2.05, 4.69) is 12.2 Å². The van der Waals surface area contributed by atoms with Crippen LogP contribution in [0.25, 0.3) is 0 Å². The SMILES string of the molecule is CCCC(C)(C)NC(=O)Cn1cc(I)c(=O)c(I)c1. The number of nitrogens with one attached hydrogen (secondary N) is 1. The van der Waals surface area contributed by atoms with Crippen molar-refractivity contribution in [3.05, 3.63) is 29.8 Å². The van der Waals surface area contributed by atoms with Gasteiger partial charge in [0.25, 0.3) is 0 Å². The second-order valence-corrected chi connectivity index (χ2v) is 7.46. The number of hydrogen-bond acceptors (Lipinski definition) is 2. The summed E-state index contributed by atoms with van der Waals surface area (Å²) in [5.74, 6) is -0.0336. The first-order valence-corrected chi connectivity index (χ1v) is 8.27. The minimum atomic E-state index is -0.189. The van der Waals surface area contributed by atoms with Crippen LogP contribution in [0.5, 0.6) is 0 Å². The molecule has 1 amide bonds. The number of carbonyl (C=O) groups is 1. The summed E-state index contributed by atoms with van der Waals surface area (Å²) >= 11 is 3.99. The average molecular weight is 488 g/mol. The fraction of sp³-hybridized carbons (Fsp3) is 0.538. The number of pyridine rings is 1. The van der Waals surface area contributed by atoms with E-state index in [-0.39, 0.29) is 23.4 Å². The van der Waals surface area contributed by atoms with E-state index >= 15 is 0 Å². The van der Waals surface area contributed by atoms with Crippen molar-refractivity contribution in [2.75, 3.05) is 0 Å². The highest BCUT2D eigenvalue weighted by molar-refractivity contribution is 14.1. The number of carbonyl (C=O) groups excluding carboxylic acids is 1. The van der Waals surface area contributed by atoms with Gasteiger partial charge < -0.3 is 9.88 Å². The highest BCUT2D eigenvalue weighted by atomic mass is 127. The van der Waals surface area contributed by atoms with Crippen molar-refractivity contribution in [1.82, 2.24) is 9.88 Å². The van der Waals surface area contributed by atoms with Gasteiger partial charge in [0.05, 0.1) is 7.14 Å². The average Bonchev–Trinajstić information content (AvgIpc) is 2.24. The van der Waals surface area contributed by atoms with Crippen molar-refractivity contribution in [3.8, 4) is 0 Å². The number of halogens is 2. The van der Waals surface area contributed by atoms with Crippen LogP contribution in [0.2, 0.25) is 0 Å². The zero-order chi connectivity index (χ0) is 14.6.